The number of carbonyl (C=O) groups is 1. The Morgan fingerprint density at radius 2 is 2.25 bits per heavy atom. The number of nitrogens with two attached hydrogens (primary N) is 1. The molecule has 0 aromatic rings. The molecule has 0 atom stereocenters. The Labute approximate surface area is 115 Å². The summed E-state index contributed by atoms with van der Waals surface area (Å²) in [5.74, 6) is -0.910. The van der Waals surface area contributed by atoms with Crippen LogP contribution in [0.5, 0.6) is 0 Å². The average molecular weight is 202 g/mol. The van der Waals surface area contributed by atoms with Gasteiger partial charge in [0.1, 0.15) is 6.54 Å². The van der Waals surface area contributed by atoms with Crippen LogP contribution in [0.15, 0.2) is 0 Å². The fraction of sp³-hybridized carbons (Fsp3) is 0.833. The zero-order chi connectivity index (χ0) is 8.69. The summed E-state index contributed by atoms with van der Waals surface area (Å²) in [6, 6.07) is 0. The third-order valence-corrected chi connectivity index (χ3v) is 1.00. The molecule has 0 radical (unpaired) electrons. The molecule has 0 aliphatic carbocycles. The molecule has 0 saturated carbocycles. The Morgan fingerprint density at radius 3 is 2.58 bits per heavy atom. The van der Waals surface area contributed by atoms with Crippen LogP contribution in [-0.2, 0) is 9.63 Å². The van der Waals surface area contributed by atoms with Crippen molar-refractivity contribution in [2.45, 2.75) is 6.92 Å². The van der Waals surface area contributed by atoms with E-state index in [2.05, 4.69) is 0 Å². The second-order valence-corrected chi connectivity index (χ2v) is 1.96. The number of nitrogens with zero attached hydrogens (tertiary/aromatic N) is 1. The predicted molar refractivity (Wildman–Crippen MR) is 47.0 cm³/mol. The van der Waals surface area contributed by atoms with Crippen LogP contribution >= 0.6 is 0 Å². The Hall–Kier alpha value is 0.986. The van der Waals surface area contributed by atoms with E-state index < -0.39 is 5.97 Å². The van der Waals surface area contributed by atoms with E-state index in [9.17, 15) is 4.79 Å². The summed E-state index contributed by atoms with van der Waals surface area (Å²) < 4.78 is 0. The number of carboxylic acids is 1. The Kier molecular flexibility index (Phi) is 13.0. The minimum absolute atomic E-state index is 0. The third kappa shape index (κ3) is 9.08. The van der Waals surface area contributed by atoms with Gasteiger partial charge in [-0.15, -0.1) is 0 Å². The van der Waals surface area contributed by atoms with Gasteiger partial charge in [-0.2, -0.15) is 5.06 Å². The van der Waals surface area contributed by atoms with E-state index in [1.54, 1.807) is 6.92 Å². The molecule has 5 nitrogen and oxygen atoms in total. The van der Waals surface area contributed by atoms with E-state index in [0.29, 0.717) is 19.7 Å². The normalized spacial score (nSPS) is 9.58. The van der Waals surface area contributed by atoms with Crippen LogP contribution in [-0.4, -0.2) is 93.8 Å². The molecule has 3 N–H and O–H groups in total. The van der Waals surface area contributed by atoms with E-state index in [-0.39, 0.29) is 57.9 Å². The van der Waals surface area contributed by atoms with Crippen LogP contribution in [0.25, 0.3) is 0 Å². The molecule has 6 heteroatoms. The van der Waals surface area contributed by atoms with Gasteiger partial charge in [0, 0.05) is 13.1 Å². The van der Waals surface area contributed by atoms with Gasteiger partial charge in [0.05, 0.1) is 6.61 Å². The third-order valence-electron chi connectivity index (χ3n) is 1.00. The molecular formula is C6H15KN2O3. The molecule has 0 spiro atoms. The number of hydrogen-bond acceptors (Lipinski definition) is 4. The van der Waals surface area contributed by atoms with Crippen LogP contribution in [0.3, 0.4) is 0 Å². The predicted octanol–water partition coefficient (Wildman–Crippen LogP) is -1.37. The minimum atomic E-state index is -0.910. The standard InChI is InChI=1S/C6H14N2O3.K.H/c1-2-11-8(4-3-7)5-6(9)10;;/h2-5,7H2,1H3,(H,9,10);;. The van der Waals surface area contributed by atoms with Crippen molar-refractivity contribution in [2.24, 2.45) is 5.73 Å². The van der Waals surface area contributed by atoms with Crippen LogP contribution in [0.1, 0.15) is 6.92 Å². The SMILES string of the molecule is CCON(CCN)CC(=O)O.[KH]. The molecule has 0 fully saturated rings. The number of hydrogen-bond donors (Lipinski definition) is 2. The quantitative estimate of drug-likeness (QED) is 0.411. The summed E-state index contributed by atoms with van der Waals surface area (Å²) >= 11 is 0. The van der Waals surface area contributed by atoms with Crippen LogP contribution in [0.2, 0.25) is 0 Å². The second kappa shape index (κ2) is 10.1. The molecule has 0 aromatic carbocycles. The molecule has 0 aliphatic heterocycles. The molecule has 0 rings (SSSR count). The van der Waals surface area contributed by atoms with Crippen LogP contribution in [0, 0.1) is 0 Å². The maximum atomic E-state index is 10.2. The summed E-state index contributed by atoms with van der Waals surface area (Å²) in [5, 5.41) is 9.71. The first-order valence-electron chi connectivity index (χ1n) is 3.50. The Bertz CT molecular complexity index is 117. The molecule has 68 valence electrons. The van der Waals surface area contributed by atoms with E-state index in [4.69, 9.17) is 15.7 Å². The van der Waals surface area contributed by atoms with Gasteiger partial charge >= 0.3 is 57.4 Å². The van der Waals surface area contributed by atoms with Crippen molar-refractivity contribution in [1.82, 2.24) is 5.06 Å². The zero-order valence-electron chi connectivity index (χ0n) is 6.62. The maximum absolute atomic E-state index is 10.2. The van der Waals surface area contributed by atoms with Crippen molar-refractivity contribution in [3.05, 3.63) is 0 Å². The monoisotopic (exact) mass is 202 g/mol. The summed E-state index contributed by atoms with van der Waals surface area (Å²) in [6.45, 7) is 2.98. The van der Waals surface area contributed by atoms with Gasteiger partial charge in [-0.3, -0.25) is 9.63 Å². The van der Waals surface area contributed by atoms with Crippen molar-refractivity contribution in [3.63, 3.8) is 0 Å². The Balaban J connectivity index is 0. The fourth-order valence-electron chi connectivity index (χ4n) is 0.667. The van der Waals surface area contributed by atoms with Crippen molar-refractivity contribution in [2.75, 3.05) is 26.2 Å². The number of hydroxylamine groups is 2. The molecule has 0 saturated heterocycles. The summed E-state index contributed by atoms with van der Waals surface area (Å²) in [4.78, 5) is 15.2. The molecular weight excluding hydrogens is 187 g/mol. The topological polar surface area (TPSA) is 75.8 Å². The molecule has 0 heterocycles. The van der Waals surface area contributed by atoms with E-state index >= 15 is 0 Å². The Morgan fingerprint density at radius 1 is 1.67 bits per heavy atom. The van der Waals surface area contributed by atoms with Gasteiger partial charge in [0.25, 0.3) is 0 Å². The molecule has 0 bridgehead atoms. The van der Waals surface area contributed by atoms with Crippen molar-refractivity contribution in [3.8, 4) is 0 Å². The molecule has 0 unspecified atom stereocenters. The van der Waals surface area contributed by atoms with Crippen LogP contribution < -0.4 is 5.73 Å². The second-order valence-electron chi connectivity index (χ2n) is 1.96. The van der Waals surface area contributed by atoms with Gasteiger partial charge < -0.3 is 10.8 Å². The summed E-state index contributed by atoms with van der Waals surface area (Å²) in [6.07, 6.45) is 0. The first-order valence-corrected chi connectivity index (χ1v) is 3.50. The molecule has 0 aliphatic rings. The van der Waals surface area contributed by atoms with Crippen molar-refractivity contribution in [1.29, 1.82) is 0 Å². The van der Waals surface area contributed by atoms with Crippen molar-refractivity contribution >= 4 is 57.4 Å². The number of aliphatic carboxylic acids is 1. The van der Waals surface area contributed by atoms with Gasteiger partial charge in [0.2, 0.25) is 0 Å². The van der Waals surface area contributed by atoms with E-state index in [1.807, 2.05) is 0 Å². The molecule has 0 aromatic heterocycles. The van der Waals surface area contributed by atoms with Crippen LogP contribution in [0.4, 0.5) is 0 Å². The van der Waals surface area contributed by atoms with E-state index in [1.165, 1.54) is 5.06 Å². The van der Waals surface area contributed by atoms with E-state index in [0.717, 1.165) is 0 Å². The van der Waals surface area contributed by atoms with Crippen molar-refractivity contribution < 1.29 is 14.7 Å². The number of rotatable bonds is 6. The first kappa shape index (κ1) is 15.5. The summed E-state index contributed by atoms with van der Waals surface area (Å²) in [5.41, 5.74) is 5.22. The van der Waals surface area contributed by atoms with Gasteiger partial charge in [-0.25, -0.2) is 0 Å². The van der Waals surface area contributed by atoms with Gasteiger partial charge in [-0.05, 0) is 6.92 Å². The van der Waals surface area contributed by atoms with Gasteiger partial charge in [0.15, 0.2) is 0 Å². The van der Waals surface area contributed by atoms with Gasteiger partial charge in [-0.1, -0.05) is 0 Å². The molecule has 12 heavy (non-hydrogen) atoms. The zero-order valence-corrected chi connectivity index (χ0v) is 6.62. The summed E-state index contributed by atoms with van der Waals surface area (Å²) in [7, 11) is 0. The first-order chi connectivity index (χ1) is 5.20. The molecule has 0 amide bonds. The average Bonchev–Trinajstić information content (AvgIpc) is 1.87. The number of carboxylic acid groups (broad SMARTS) is 1. The fourth-order valence-corrected chi connectivity index (χ4v) is 0.667.